The predicted octanol–water partition coefficient (Wildman–Crippen LogP) is 2.22. The molecule has 98 valence electrons. The van der Waals surface area contributed by atoms with Crippen molar-refractivity contribution in [3.63, 3.8) is 0 Å². The van der Waals surface area contributed by atoms with Crippen molar-refractivity contribution in [3.05, 3.63) is 0 Å². The maximum Gasteiger partial charge on any atom is 0.146 e. The van der Waals surface area contributed by atoms with E-state index in [1.165, 1.54) is 0 Å². The van der Waals surface area contributed by atoms with Crippen LogP contribution in [0.2, 0.25) is 0 Å². The summed E-state index contributed by atoms with van der Waals surface area (Å²) in [5, 5.41) is 0. The largest absolute Gasteiger partial charge is 0.379 e. The second-order valence-electron chi connectivity index (χ2n) is 3.51. The van der Waals surface area contributed by atoms with Gasteiger partial charge in [0.15, 0.2) is 0 Å². The van der Waals surface area contributed by atoms with Crippen molar-refractivity contribution in [2.75, 3.05) is 46.4 Å². The summed E-state index contributed by atoms with van der Waals surface area (Å²) in [5.41, 5.74) is 0. The number of ether oxygens (including phenoxy) is 4. The Balaban J connectivity index is 2.83. The zero-order valence-corrected chi connectivity index (χ0v) is 10.7. The zero-order chi connectivity index (χ0) is 11.9. The first-order valence-electron chi connectivity index (χ1n) is 6.22. The van der Waals surface area contributed by atoms with E-state index in [2.05, 4.69) is 13.8 Å². The van der Waals surface area contributed by atoms with E-state index in [0.717, 1.165) is 32.5 Å². The van der Waals surface area contributed by atoms with Crippen LogP contribution in [0.1, 0.15) is 33.1 Å². The van der Waals surface area contributed by atoms with Crippen LogP contribution in [0.5, 0.6) is 0 Å². The minimum absolute atomic E-state index is 0.371. The fourth-order valence-corrected chi connectivity index (χ4v) is 1.01. The van der Waals surface area contributed by atoms with Crippen LogP contribution in [0.3, 0.4) is 0 Å². The van der Waals surface area contributed by atoms with E-state index in [1.807, 2.05) is 0 Å². The molecule has 0 saturated heterocycles. The average Bonchev–Trinajstić information content (AvgIpc) is 2.31. The van der Waals surface area contributed by atoms with Crippen LogP contribution in [0.25, 0.3) is 0 Å². The molecule has 16 heavy (non-hydrogen) atoms. The van der Waals surface area contributed by atoms with Gasteiger partial charge >= 0.3 is 0 Å². The molecule has 0 rings (SSSR count). The first kappa shape index (κ1) is 15.8. The number of rotatable bonds is 13. The van der Waals surface area contributed by atoms with E-state index in [4.69, 9.17) is 18.9 Å². The topological polar surface area (TPSA) is 36.9 Å². The lowest BCUT2D eigenvalue weighted by atomic mass is 10.4. The molecule has 0 aliphatic heterocycles. The average molecular weight is 234 g/mol. The SMILES string of the molecule is CCCCOCOCCOCCOCCC. The molecule has 0 N–H and O–H groups in total. The third-order valence-electron chi connectivity index (χ3n) is 1.90. The minimum Gasteiger partial charge on any atom is -0.379 e. The van der Waals surface area contributed by atoms with Gasteiger partial charge in [-0.15, -0.1) is 0 Å². The van der Waals surface area contributed by atoms with Crippen LogP contribution in [-0.2, 0) is 18.9 Å². The summed E-state index contributed by atoms with van der Waals surface area (Å²) < 4.78 is 21.0. The van der Waals surface area contributed by atoms with Crippen LogP contribution in [0, 0.1) is 0 Å². The zero-order valence-electron chi connectivity index (χ0n) is 10.7. The van der Waals surface area contributed by atoms with Crippen LogP contribution in [0.15, 0.2) is 0 Å². The van der Waals surface area contributed by atoms with Crippen molar-refractivity contribution < 1.29 is 18.9 Å². The predicted molar refractivity (Wildman–Crippen MR) is 63.6 cm³/mol. The van der Waals surface area contributed by atoms with Gasteiger partial charge in [-0.3, -0.25) is 0 Å². The highest BCUT2D eigenvalue weighted by Gasteiger charge is 1.91. The van der Waals surface area contributed by atoms with E-state index < -0.39 is 0 Å². The molecule has 0 fully saturated rings. The Hall–Kier alpha value is -0.160. The van der Waals surface area contributed by atoms with Crippen molar-refractivity contribution in [1.82, 2.24) is 0 Å². The van der Waals surface area contributed by atoms with Crippen LogP contribution < -0.4 is 0 Å². The highest BCUT2D eigenvalue weighted by Crippen LogP contribution is 1.88. The molecule has 0 spiro atoms. The van der Waals surface area contributed by atoms with Gasteiger partial charge < -0.3 is 18.9 Å². The van der Waals surface area contributed by atoms with Crippen LogP contribution in [0.4, 0.5) is 0 Å². The van der Waals surface area contributed by atoms with E-state index in [9.17, 15) is 0 Å². The molecule has 0 heterocycles. The Kier molecular flexibility index (Phi) is 14.7. The van der Waals surface area contributed by atoms with E-state index in [-0.39, 0.29) is 0 Å². The van der Waals surface area contributed by atoms with E-state index in [1.54, 1.807) is 0 Å². The van der Waals surface area contributed by atoms with Crippen LogP contribution in [-0.4, -0.2) is 46.4 Å². The fourth-order valence-electron chi connectivity index (χ4n) is 1.01. The van der Waals surface area contributed by atoms with Gasteiger partial charge in [-0.2, -0.15) is 0 Å². The van der Waals surface area contributed by atoms with Gasteiger partial charge in [-0.05, 0) is 12.8 Å². The molecule has 0 radical (unpaired) electrons. The number of unbranched alkanes of at least 4 members (excludes halogenated alkanes) is 1. The number of hydrogen-bond donors (Lipinski definition) is 0. The van der Waals surface area contributed by atoms with Crippen molar-refractivity contribution in [2.45, 2.75) is 33.1 Å². The smallest absolute Gasteiger partial charge is 0.146 e. The molecule has 0 amide bonds. The highest BCUT2D eigenvalue weighted by atomic mass is 16.7. The minimum atomic E-state index is 0.371. The molecule has 4 nitrogen and oxygen atoms in total. The van der Waals surface area contributed by atoms with Gasteiger partial charge in [0, 0.05) is 13.2 Å². The molecule has 0 bridgehead atoms. The van der Waals surface area contributed by atoms with Crippen molar-refractivity contribution in [3.8, 4) is 0 Å². The third-order valence-corrected chi connectivity index (χ3v) is 1.90. The second-order valence-corrected chi connectivity index (χ2v) is 3.51. The lowest BCUT2D eigenvalue weighted by molar-refractivity contribution is -0.0727. The Morgan fingerprint density at radius 3 is 1.75 bits per heavy atom. The standard InChI is InChI=1S/C12H26O4/c1-3-5-7-15-12-16-11-10-14-9-8-13-6-4-2/h3-12H2,1-2H3. The summed E-state index contributed by atoms with van der Waals surface area (Å²) in [7, 11) is 0. The Morgan fingerprint density at radius 1 is 0.562 bits per heavy atom. The number of hydrogen-bond acceptors (Lipinski definition) is 4. The molecule has 0 aromatic rings. The van der Waals surface area contributed by atoms with Crippen molar-refractivity contribution in [2.24, 2.45) is 0 Å². The summed E-state index contributed by atoms with van der Waals surface area (Å²) in [6.07, 6.45) is 3.30. The van der Waals surface area contributed by atoms with Crippen molar-refractivity contribution in [1.29, 1.82) is 0 Å². The normalized spacial score (nSPS) is 10.9. The second kappa shape index (κ2) is 14.8. The maximum atomic E-state index is 5.30. The Labute approximate surface area is 99.2 Å². The Morgan fingerprint density at radius 2 is 1.12 bits per heavy atom. The summed E-state index contributed by atoms with van der Waals surface area (Å²) in [6, 6.07) is 0. The molecule has 0 aliphatic carbocycles. The van der Waals surface area contributed by atoms with Gasteiger partial charge in [-0.25, -0.2) is 0 Å². The molecule has 0 aromatic carbocycles. The van der Waals surface area contributed by atoms with Gasteiger partial charge in [0.1, 0.15) is 6.79 Å². The summed E-state index contributed by atoms with van der Waals surface area (Å²) >= 11 is 0. The van der Waals surface area contributed by atoms with Gasteiger partial charge in [0.25, 0.3) is 0 Å². The van der Waals surface area contributed by atoms with Crippen molar-refractivity contribution >= 4 is 0 Å². The van der Waals surface area contributed by atoms with Gasteiger partial charge in [0.05, 0.1) is 26.4 Å². The molecule has 0 aromatic heterocycles. The lowest BCUT2D eigenvalue weighted by Crippen LogP contribution is -2.11. The summed E-state index contributed by atoms with van der Waals surface area (Å²) in [6.45, 7) is 8.68. The highest BCUT2D eigenvalue weighted by molar-refractivity contribution is 4.32. The first-order chi connectivity index (χ1) is 7.91. The van der Waals surface area contributed by atoms with Gasteiger partial charge in [0.2, 0.25) is 0 Å². The van der Waals surface area contributed by atoms with E-state index >= 15 is 0 Å². The van der Waals surface area contributed by atoms with E-state index in [0.29, 0.717) is 33.2 Å². The molecular formula is C12H26O4. The molecule has 0 atom stereocenters. The van der Waals surface area contributed by atoms with Gasteiger partial charge in [-0.1, -0.05) is 20.3 Å². The first-order valence-corrected chi connectivity index (χ1v) is 6.22. The monoisotopic (exact) mass is 234 g/mol. The Bertz CT molecular complexity index is 106. The quantitative estimate of drug-likeness (QED) is 0.362. The van der Waals surface area contributed by atoms with Crippen LogP contribution >= 0.6 is 0 Å². The fraction of sp³-hybridized carbons (Fsp3) is 1.00. The molecule has 0 aliphatic rings. The third kappa shape index (κ3) is 13.8. The maximum absolute atomic E-state index is 5.30. The molecule has 0 unspecified atom stereocenters. The summed E-state index contributed by atoms with van der Waals surface area (Å²) in [4.78, 5) is 0. The molecule has 0 saturated carbocycles. The lowest BCUT2D eigenvalue weighted by Gasteiger charge is -2.06. The molecule has 4 heteroatoms. The summed E-state index contributed by atoms with van der Waals surface area (Å²) in [5.74, 6) is 0. The molecular weight excluding hydrogens is 208 g/mol.